The predicted molar refractivity (Wildman–Crippen MR) is 48.5 cm³/mol. The van der Waals surface area contributed by atoms with Gasteiger partial charge in [0, 0.05) is 0 Å². The van der Waals surface area contributed by atoms with Crippen LogP contribution in [0.15, 0.2) is 6.07 Å². The highest BCUT2D eigenvalue weighted by atomic mass is 35.5. The van der Waals surface area contributed by atoms with Crippen molar-refractivity contribution in [2.45, 2.75) is 12.3 Å². The van der Waals surface area contributed by atoms with E-state index in [2.05, 4.69) is 4.98 Å². The summed E-state index contributed by atoms with van der Waals surface area (Å²) in [6, 6.07) is 2.99. The highest BCUT2D eigenvalue weighted by Crippen LogP contribution is 2.28. The quantitative estimate of drug-likeness (QED) is 0.740. The number of pyridine rings is 1. The summed E-state index contributed by atoms with van der Waals surface area (Å²) in [4.78, 5) is 3.53. The first-order valence-electron chi connectivity index (χ1n) is 3.53. The molecular weight excluding hydrogens is 233 g/mol. The van der Waals surface area contributed by atoms with Gasteiger partial charge in [0.25, 0.3) is 6.43 Å². The zero-order chi connectivity index (χ0) is 10.7. The van der Waals surface area contributed by atoms with E-state index in [-0.39, 0.29) is 22.2 Å². The molecule has 0 unspecified atom stereocenters. The van der Waals surface area contributed by atoms with Crippen molar-refractivity contribution in [3.63, 3.8) is 0 Å². The molecule has 0 saturated carbocycles. The van der Waals surface area contributed by atoms with Gasteiger partial charge >= 0.3 is 0 Å². The first-order chi connectivity index (χ1) is 6.60. The molecule has 0 saturated heterocycles. The van der Waals surface area contributed by atoms with Crippen molar-refractivity contribution in [3.05, 3.63) is 28.0 Å². The summed E-state index contributed by atoms with van der Waals surface area (Å²) in [5.74, 6) is -0.0361. The summed E-state index contributed by atoms with van der Waals surface area (Å²) < 4.78 is 24.7. The third kappa shape index (κ3) is 2.11. The van der Waals surface area contributed by atoms with E-state index < -0.39 is 12.1 Å². The van der Waals surface area contributed by atoms with Crippen LogP contribution < -0.4 is 0 Å². The first kappa shape index (κ1) is 11.2. The molecule has 1 aromatic heterocycles. The Labute approximate surface area is 89.1 Å². The van der Waals surface area contributed by atoms with Crippen LogP contribution in [0.3, 0.4) is 0 Å². The van der Waals surface area contributed by atoms with Gasteiger partial charge in [-0.1, -0.05) is 11.6 Å². The van der Waals surface area contributed by atoms with Gasteiger partial charge in [0.15, 0.2) is 0 Å². The Bertz CT molecular complexity index is 388. The Kier molecular flexibility index (Phi) is 3.62. The van der Waals surface area contributed by atoms with E-state index in [1.807, 2.05) is 0 Å². The molecule has 0 aliphatic heterocycles. The Morgan fingerprint density at radius 3 is 2.64 bits per heavy atom. The summed E-state index contributed by atoms with van der Waals surface area (Å²) in [5, 5.41) is 8.29. The number of hydrogen-bond donors (Lipinski definition) is 0. The Morgan fingerprint density at radius 1 is 1.57 bits per heavy atom. The van der Waals surface area contributed by atoms with Crippen molar-refractivity contribution in [2.75, 3.05) is 0 Å². The van der Waals surface area contributed by atoms with Crippen molar-refractivity contribution in [3.8, 4) is 6.07 Å². The highest BCUT2D eigenvalue weighted by molar-refractivity contribution is 6.32. The van der Waals surface area contributed by atoms with Gasteiger partial charge in [-0.25, -0.2) is 13.8 Å². The fraction of sp³-hybridized carbons (Fsp3) is 0.250. The maximum atomic E-state index is 12.4. The van der Waals surface area contributed by atoms with Gasteiger partial charge < -0.3 is 0 Å². The Hall–Kier alpha value is -0.920. The molecule has 0 aliphatic carbocycles. The lowest BCUT2D eigenvalue weighted by Gasteiger charge is -2.05. The molecule has 14 heavy (non-hydrogen) atoms. The predicted octanol–water partition coefficient (Wildman–Crippen LogP) is 3.28. The lowest BCUT2D eigenvalue weighted by atomic mass is 10.2. The SMILES string of the molecule is N#Cc1cc(CCl)nc(C(F)F)c1Cl. The first-order valence-corrected chi connectivity index (χ1v) is 4.45. The van der Waals surface area contributed by atoms with Gasteiger partial charge in [0.2, 0.25) is 0 Å². The molecule has 0 spiro atoms. The molecule has 2 nitrogen and oxygen atoms in total. The van der Waals surface area contributed by atoms with Crippen LogP contribution in [0.1, 0.15) is 23.4 Å². The summed E-state index contributed by atoms with van der Waals surface area (Å²) in [7, 11) is 0. The van der Waals surface area contributed by atoms with Crippen LogP contribution >= 0.6 is 23.2 Å². The smallest absolute Gasteiger partial charge is 0.249 e. The lowest BCUT2D eigenvalue weighted by Crippen LogP contribution is -1.98. The van der Waals surface area contributed by atoms with Gasteiger partial charge in [-0.2, -0.15) is 5.26 Å². The van der Waals surface area contributed by atoms with Crippen molar-refractivity contribution in [2.24, 2.45) is 0 Å². The maximum absolute atomic E-state index is 12.4. The Morgan fingerprint density at radius 2 is 2.21 bits per heavy atom. The van der Waals surface area contributed by atoms with Crippen molar-refractivity contribution in [1.82, 2.24) is 4.98 Å². The van der Waals surface area contributed by atoms with Crippen LogP contribution in [-0.4, -0.2) is 4.98 Å². The second kappa shape index (κ2) is 4.54. The van der Waals surface area contributed by atoms with E-state index in [1.54, 1.807) is 6.07 Å². The molecule has 0 aliphatic rings. The standard InChI is InChI=1S/C8H4Cl2F2N2/c9-2-5-1-4(3-13)6(10)7(14-5)8(11)12/h1,8H,2H2. The van der Waals surface area contributed by atoms with Crippen LogP contribution in [0.5, 0.6) is 0 Å². The fourth-order valence-corrected chi connectivity index (χ4v) is 1.26. The molecule has 1 aromatic rings. The molecule has 0 bridgehead atoms. The summed E-state index contributed by atoms with van der Waals surface area (Å²) in [5.41, 5.74) is -0.420. The number of nitriles is 1. The van der Waals surface area contributed by atoms with Crippen molar-refractivity contribution in [1.29, 1.82) is 5.26 Å². The molecule has 74 valence electrons. The Balaban J connectivity index is 3.36. The van der Waals surface area contributed by atoms with Crippen LogP contribution in [0.25, 0.3) is 0 Å². The van der Waals surface area contributed by atoms with E-state index in [0.29, 0.717) is 0 Å². The minimum atomic E-state index is -2.81. The topological polar surface area (TPSA) is 36.7 Å². The van der Waals surface area contributed by atoms with Gasteiger partial charge in [-0.05, 0) is 6.07 Å². The molecular formula is C8H4Cl2F2N2. The van der Waals surface area contributed by atoms with Crippen molar-refractivity contribution < 1.29 is 8.78 Å². The number of alkyl halides is 3. The summed E-state index contributed by atoms with van der Waals surface area (Å²) >= 11 is 10.9. The normalized spacial score (nSPS) is 10.3. The second-order valence-electron chi connectivity index (χ2n) is 2.41. The van der Waals surface area contributed by atoms with Crippen LogP contribution in [0.4, 0.5) is 8.78 Å². The van der Waals surface area contributed by atoms with Gasteiger partial charge in [-0.3, -0.25) is 0 Å². The van der Waals surface area contributed by atoms with E-state index >= 15 is 0 Å². The molecule has 0 aromatic carbocycles. The van der Waals surface area contributed by atoms with Crippen LogP contribution in [0.2, 0.25) is 5.02 Å². The number of halogens is 4. The van der Waals surface area contributed by atoms with E-state index in [0.717, 1.165) is 0 Å². The average Bonchev–Trinajstić information content (AvgIpc) is 2.17. The van der Waals surface area contributed by atoms with E-state index in [9.17, 15) is 8.78 Å². The van der Waals surface area contributed by atoms with Gasteiger partial charge in [0.05, 0.1) is 22.2 Å². The molecule has 0 fully saturated rings. The molecule has 0 atom stereocenters. The number of nitrogens with zero attached hydrogens (tertiary/aromatic N) is 2. The minimum Gasteiger partial charge on any atom is -0.249 e. The molecule has 0 N–H and O–H groups in total. The van der Waals surface area contributed by atoms with E-state index in [4.69, 9.17) is 28.5 Å². The zero-order valence-corrected chi connectivity index (χ0v) is 8.28. The highest BCUT2D eigenvalue weighted by Gasteiger charge is 2.18. The minimum absolute atomic E-state index is 0.0346. The molecule has 1 heterocycles. The molecule has 6 heteroatoms. The molecule has 0 amide bonds. The average molecular weight is 237 g/mol. The van der Waals surface area contributed by atoms with Crippen LogP contribution in [-0.2, 0) is 5.88 Å². The molecule has 0 radical (unpaired) electrons. The third-order valence-corrected chi connectivity index (χ3v) is 2.17. The largest absolute Gasteiger partial charge is 0.281 e. The maximum Gasteiger partial charge on any atom is 0.281 e. The zero-order valence-electron chi connectivity index (χ0n) is 6.77. The fourth-order valence-electron chi connectivity index (χ4n) is 0.898. The van der Waals surface area contributed by atoms with E-state index in [1.165, 1.54) is 6.07 Å². The van der Waals surface area contributed by atoms with Gasteiger partial charge in [0.1, 0.15) is 11.8 Å². The van der Waals surface area contributed by atoms with Crippen molar-refractivity contribution >= 4 is 23.2 Å². The monoisotopic (exact) mass is 236 g/mol. The lowest BCUT2D eigenvalue weighted by molar-refractivity contribution is 0.146. The summed E-state index contributed by atoms with van der Waals surface area (Å²) in [6.07, 6.45) is -2.81. The second-order valence-corrected chi connectivity index (χ2v) is 3.05. The van der Waals surface area contributed by atoms with Gasteiger partial charge in [-0.15, -0.1) is 11.6 Å². The van der Waals surface area contributed by atoms with Crippen LogP contribution in [0, 0.1) is 11.3 Å². The number of rotatable bonds is 2. The molecule has 1 rings (SSSR count). The number of aromatic nitrogens is 1. The third-order valence-electron chi connectivity index (χ3n) is 1.50. The number of hydrogen-bond acceptors (Lipinski definition) is 2. The summed E-state index contributed by atoms with van der Waals surface area (Å²) in [6.45, 7) is 0.